The monoisotopic (exact) mass is 281 g/mol. The number of nitrogens with zero attached hydrogens (tertiary/aromatic N) is 2. The normalized spacial score (nSPS) is 11.0. The van der Waals surface area contributed by atoms with Gasteiger partial charge in [0.25, 0.3) is 11.5 Å². The molecule has 0 radical (unpaired) electrons. The summed E-state index contributed by atoms with van der Waals surface area (Å²) in [5, 5.41) is 10.7. The van der Waals surface area contributed by atoms with Gasteiger partial charge in [-0.2, -0.15) is 10.2 Å². The predicted molar refractivity (Wildman–Crippen MR) is 78.2 cm³/mol. The molecule has 7 heteroatoms. The molecule has 21 heavy (non-hydrogen) atoms. The minimum Gasteiger partial charge on any atom is -0.354 e. The summed E-state index contributed by atoms with van der Waals surface area (Å²) < 4.78 is 0. The summed E-state index contributed by atoms with van der Waals surface area (Å²) in [4.78, 5) is 25.7. The number of hydrogen-bond donors (Lipinski definition) is 3. The number of para-hydroxylation sites is 1. The van der Waals surface area contributed by atoms with Crippen LogP contribution in [0.1, 0.15) is 16.2 Å². The number of amides is 1. The highest BCUT2D eigenvalue weighted by molar-refractivity contribution is 5.93. The van der Waals surface area contributed by atoms with Crippen molar-refractivity contribution in [3.05, 3.63) is 64.2 Å². The van der Waals surface area contributed by atoms with Crippen molar-refractivity contribution in [3.8, 4) is 0 Å². The first-order valence-electron chi connectivity index (χ1n) is 6.19. The van der Waals surface area contributed by atoms with Gasteiger partial charge in [-0.05, 0) is 18.2 Å². The molecule has 104 valence electrons. The van der Waals surface area contributed by atoms with Crippen LogP contribution in [0.25, 0.3) is 10.9 Å². The van der Waals surface area contributed by atoms with Crippen LogP contribution in [-0.4, -0.2) is 27.3 Å². The van der Waals surface area contributed by atoms with Crippen molar-refractivity contribution in [2.75, 3.05) is 0 Å². The summed E-state index contributed by atoms with van der Waals surface area (Å²) in [5.74, 6) is -0.501. The lowest BCUT2D eigenvalue weighted by atomic mass is 10.2. The molecular formula is C14H11N5O2. The minimum atomic E-state index is -0.501. The highest BCUT2D eigenvalue weighted by Gasteiger charge is 2.05. The number of rotatable bonds is 3. The number of benzene rings is 1. The number of H-pyrrole nitrogens is 2. The molecule has 3 rings (SSSR count). The number of hydrazone groups is 1. The molecule has 7 nitrogen and oxygen atoms in total. The maximum Gasteiger partial charge on any atom is 0.291 e. The maximum atomic E-state index is 11.7. The lowest BCUT2D eigenvalue weighted by Gasteiger charge is -1.96. The van der Waals surface area contributed by atoms with Crippen LogP contribution in [-0.2, 0) is 0 Å². The Morgan fingerprint density at radius 1 is 1.24 bits per heavy atom. The third-order valence-corrected chi connectivity index (χ3v) is 2.83. The fourth-order valence-corrected chi connectivity index (χ4v) is 1.85. The molecule has 0 aliphatic carbocycles. The first kappa shape index (κ1) is 12.8. The van der Waals surface area contributed by atoms with Crippen molar-refractivity contribution in [2.45, 2.75) is 0 Å². The third-order valence-electron chi connectivity index (χ3n) is 2.83. The topological polar surface area (TPSA) is 103 Å². The summed E-state index contributed by atoms with van der Waals surface area (Å²) in [6, 6.07) is 12.3. The second-order valence-corrected chi connectivity index (χ2v) is 4.32. The molecular weight excluding hydrogens is 270 g/mol. The average molecular weight is 281 g/mol. The number of aromatic amines is 2. The van der Waals surface area contributed by atoms with Gasteiger partial charge in [-0.1, -0.05) is 18.2 Å². The summed E-state index contributed by atoms with van der Waals surface area (Å²) in [6.45, 7) is 0. The molecule has 0 saturated heterocycles. The molecule has 2 heterocycles. The number of aromatic nitrogens is 3. The van der Waals surface area contributed by atoms with E-state index in [4.69, 9.17) is 0 Å². The van der Waals surface area contributed by atoms with E-state index in [1.54, 1.807) is 0 Å². The van der Waals surface area contributed by atoms with E-state index in [9.17, 15) is 9.59 Å². The predicted octanol–water partition coefficient (Wildman–Crippen LogP) is 1.02. The Morgan fingerprint density at radius 3 is 2.86 bits per heavy atom. The summed E-state index contributed by atoms with van der Waals surface area (Å²) in [5.41, 5.74) is 3.82. The summed E-state index contributed by atoms with van der Waals surface area (Å²) in [6.07, 6.45) is 1.50. The molecule has 1 aromatic carbocycles. The van der Waals surface area contributed by atoms with Crippen LogP contribution in [0.5, 0.6) is 0 Å². The molecule has 0 fully saturated rings. The number of hydrogen-bond acceptors (Lipinski definition) is 4. The van der Waals surface area contributed by atoms with E-state index in [2.05, 4.69) is 25.7 Å². The number of nitrogens with one attached hydrogen (secondary N) is 3. The van der Waals surface area contributed by atoms with Crippen molar-refractivity contribution in [1.29, 1.82) is 0 Å². The Bertz CT molecular complexity index is 825. The lowest BCUT2D eigenvalue weighted by Crippen LogP contribution is -2.21. The largest absolute Gasteiger partial charge is 0.354 e. The van der Waals surface area contributed by atoms with Gasteiger partial charge in [0, 0.05) is 17.0 Å². The zero-order valence-electron chi connectivity index (χ0n) is 10.8. The van der Waals surface area contributed by atoms with E-state index in [0.717, 1.165) is 16.6 Å². The molecule has 3 N–H and O–H groups in total. The van der Waals surface area contributed by atoms with Crippen molar-refractivity contribution >= 4 is 23.0 Å². The van der Waals surface area contributed by atoms with E-state index >= 15 is 0 Å². The fraction of sp³-hybridized carbons (Fsp3) is 0. The third kappa shape index (κ3) is 2.86. The van der Waals surface area contributed by atoms with Crippen LogP contribution in [0.2, 0.25) is 0 Å². The van der Waals surface area contributed by atoms with Crippen LogP contribution in [0.3, 0.4) is 0 Å². The van der Waals surface area contributed by atoms with Crippen molar-refractivity contribution in [1.82, 2.24) is 20.6 Å². The van der Waals surface area contributed by atoms with Crippen LogP contribution < -0.4 is 11.0 Å². The second kappa shape index (κ2) is 5.41. The molecule has 0 bridgehead atoms. The SMILES string of the molecule is O=C(N/N=C/c1cc2ccccc2[nH]1)c1ccc(=O)[nH]n1. The van der Waals surface area contributed by atoms with E-state index in [1.165, 1.54) is 18.3 Å². The van der Waals surface area contributed by atoms with Gasteiger partial charge < -0.3 is 4.98 Å². The Kier molecular flexibility index (Phi) is 3.30. The molecule has 0 aliphatic heterocycles. The van der Waals surface area contributed by atoms with Gasteiger partial charge in [-0.25, -0.2) is 10.5 Å². The molecule has 1 amide bonds. The van der Waals surface area contributed by atoms with Gasteiger partial charge in [0.2, 0.25) is 0 Å². The lowest BCUT2D eigenvalue weighted by molar-refractivity contribution is 0.0949. The van der Waals surface area contributed by atoms with Crippen LogP contribution in [0.4, 0.5) is 0 Å². The van der Waals surface area contributed by atoms with Gasteiger partial charge in [-0.3, -0.25) is 9.59 Å². The molecule has 0 saturated carbocycles. The Labute approximate surface area is 118 Å². The molecule has 0 atom stereocenters. The Hall–Kier alpha value is -3.22. The smallest absolute Gasteiger partial charge is 0.291 e. The van der Waals surface area contributed by atoms with Crippen LogP contribution >= 0.6 is 0 Å². The van der Waals surface area contributed by atoms with E-state index in [1.807, 2.05) is 30.3 Å². The summed E-state index contributed by atoms with van der Waals surface area (Å²) in [7, 11) is 0. The van der Waals surface area contributed by atoms with Gasteiger partial charge in [0.05, 0.1) is 11.9 Å². The highest BCUT2D eigenvalue weighted by atomic mass is 16.2. The van der Waals surface area contributed by atoms with Gasteiger partial charge in [0.1, 0.15) is 0 Å². The van der Waals surface area contributed by atoms with E-state index in [0.29, 0.717) is 0 Å². The highest BCUT2D eigenvalue weighted by Crippen LogP contribution is 2.13. The standard InChI is InChI=1S/C14H11N5O2/c20-13-6-5-12(17-18-13)14(21)19-15-8-10-7-9-3-1-2-4-11(9)16-10/h1-8,16H,(H,18,20)(H,19,21)/b15-8+. The van der Waals surface area contributed by atoms with E-state index < -0.39 is 5.91 Å². The number of fused-ring (bicyclic) bond motifs is 1. The molecule has 3 aromatic rings. The fourth-order valence-electron chi connectivity index (χ4n) is 1.85. The Balaban J connectivity index is 1.70. The molecule has 0 aliphatic rings. The Morgan fingerprint density at radius 2 is 2.10 bits per heavy atom. The summed E-state index contributed by atoms with van der Waals surface area (Å²) >= 11 is 0. The van der Waals surface area contributed by atoms with Gasteiger partial charge >= 0.3 is 0 Å². The first-order valence-corrected chi connectivity index (χ1v) is 6.19. The number of carbonyl (C=O) groups excluding carboxylic acids is 1. The van der Waals surface area contributed by atoms with E-state index in [-0.39, 0.29) is 11.3 Å². The van der Waals surface area contributed by atoms with Crippen LogP contribution in [0, 0.1) is 0 Å². The molecule has 0 spiro atoms. The van der Waals surface area contributed by atoms with Crippen molar-refractivity contribution < 1.29 is 4.79 Å². The van der Waals surface area contributed by atoms with Crippen molar-refractivity contribution in [3.63, 3.8) is 0 Å². The van der Waals surface area contributed by atoms with Gasteiger partial charge in [0.15, 0.2) is 5.69 Å². The second-order valence-electron chi connectivity index (χ2n) is 4.32. The average Bonchev–Trinajstić information content (AvgIpc) is 2.90. The number of carbonyl (C=O) groups is 1. The van der Waals surface area contributed by atoms with Gasteiger partial charge in [-0.15, -0.1) is 0 Å². The maximum absolute atomic E-state index is 11.7. The first-order chi connectivity index (χ1) is 10.2. The quantitative estimate of drug-likeness (QED) is 0.493. The zero-order valence-corrected chi connectivity index (χ0v) is 10.8. The zero-order chi connectivity index (χ0) is 14.7. The molecule has 2 aromatic heterocycles. The van der Waals surface area contributed by atoms with Crippen molar-refractivity contribution in [2.24, 2.45) is 5.10 Å². The minimum absolute atomic E-state index is 0.0865. The van der Waals surface area contributed by atoms with Crippen LogP contribution in [0.15, 0.2) is 52.4 Å². The molecule has 0 unspecified atom stereocenters.